The number of carbonyl (C=O) groups is 2. The van der Waals surface area contributed by atoms with E-state index in [2.05, 4.69) is 5.32 Å². The van der Waals surface area contributed by atoms with Crippen molar-refractivity contribution in [2.75, 3.05) is 19.0 Å². The van der Waals surface area contributed by atoms with Crippen LogP contribution in [0.3, 0.4) is 0 Å². The van der Waals surface area contributed by atoms with Crippen LogP contribution in [0.4, 0.5) is 5.69 Å². The van der Waals surface area contributed by atoms with E-state index in [9.17, 15) is 14.4 Å². The Hall–Kier alpha value is -3.82. The topological polar surface area (TPSA) is 120 Å². The van der Waals surface area contributed by atoms with Gasteiger partial charge in [-0.25, -0.2) is 9.78 Å². The van der Waals surface area contributed by atoms with Gasteiger partial charge in [-0.1, -0.05) is 35.3 Å². The number of rotatable bonds is 7. The summed E-state index contributed by atoms with van der Waals surface area (Å²) in [6.45, 7) is 2.86. The highest BCUT2D eigenvalue weighted by Gasteiger charge is 2.23. The number of anilines is 1. The van der Waals surface area contributed by atoms with Gasteiger partial charge < -0.3 is 19.9 Å². The molecule has 186 valence electrons. The van der Waals surface area contributed by atoms with Crippen LogP contribution in [0.15, 0.2) is 51.3 Å². The first-order valence-corrected chi connectivity index (χ1v) is 11.7. The van der Waals surface area contributed by atoms with Gasteiger partial charge in [0.25, 0.3) is 11.5 Å². The first kappa shape index (κ1) is 25.3. The molecule has 3 aromatic rings. The summed E-state index contributed by atoms with van der Waals surface area (Å²) in [5, 5.41) is 10.3. The van der Waals surface area contributed by atoms with Crippen molar-refractivity contribution in [3.8, 4) is 11.5 Å². The fourth-order valence-corrected chi connectivity index (χ4v) is 4.15. The lowest BCUT2D eigenvalue weighted by Gasteiger charge is -2.12. The van der Waals surface area contributed by atoms with Crippen molar-refractivity contribution in [2.24, 2.45) is 0 Å². The number of nitrogens with zero attached hydrogens (tertiary/aromatic N) is 2. The van der Waals surface area contributed by atoms with Gasteiger partial charge in [0.05, 0.1) is 24.6 Å². The number of aliphatic carboxylic acids is 1. The smallest absolute Gasteiger partial charge is 0.349 e. The predicted molar refractivity (Wildman–Crippen MR) is 138 cm³/mol. The maximum atomic E-state index is 13.1. The minimum Gasteiger partial charge on any atom is -0.492 e. The number of para-hydroxylation sites is 1. The quantitative estimate of drug-likeness (QED) is 0.433. The van der Waals surface area contributed by atoms with Gasteiger partial charge in [-0.3, -0.25) is 14.2 Å². The molecule has 11 heteroatoms. The number of amides is 1. The minimum atomic E-state index is -1.52. The molecular weight excluding hydrogens is 509 g/mol. The van der Waals surface area contributed by atoms with E-state index >= 15 is 0 Å². The SMILES string of the molecule is CCOc1cccc(/C=C2/CCn3c2nc2cc(NC(=O)/C(Cl)=C(/Cl)C(=O)O)ccc2c3=O)c1OC. The van der Waals surface area contributed by atoms with Gasteiger partial charge in [0.15, 0.2) is 11.5 Å². The number of hydrogen-bond donors (Lipinski definition) is 2. The van der Waals surface area contributed by atoms with Crippen molar-refractivity contribution >= 4 is 63.3 Å². The number of carboxylic acid groups (broad SMARTS) is 1. The van der Waals surface area contributed by atoms with Crippen molar-refractivity contribution in [1.29, 1.82) is 0 Å². The van der Waals surface area contributed by atoms with E-state index in [0.29, 0.717) is 47.8 Å². The zero-order valence-electron chi connectivity index (χ0n) is 19.3. The monoisotopic (exact) mass is 529 g/mol. The number of ether oxygens (including phenoxy) is 2. The van der Waals surface area contributed by atoms with Crippen LogP contribution in [0.2, 0.25) is 0 Å². The van der Waals surface area contributed by atoms with E-state index in [0.717, 1.165) is 11.1 Å². The molecule has 0 aliphatic carbocycles. The summed E-state index contributed by atoms with van der Waals surface area (Å²) in [6.07, 6.45) is 2.51. The van der Waals surface area contributed by atoms with Crippen molar-refractivity contribution in [2.45, 2.75) is 19.9 Å². The van der Waals surface area contributed by atoms with E-state index < -0.39 is 21.9 Å². The second kappa shape index (κ2) is 10.4. The molecule has 0 saturated carbocycles. The van der Waals surface area contributed by atoms with Gasteiger partial charge in [0.2, 0.25) is 0 Å². The molecule has 0 bridgehead atoms. The number of nitrogens with one attached hydrogen (secondary N) is 1. The molecule has 0 unspecified atom stereocenters. The number of fused-ring (bicyclic) bond motifs is 2. The van der Waals surface area contributed by atoms with E-state index in [-0.39, 0.29) is 11.2 Å². The molecule has 0 atom stereocenters. The lowest BCUT2D eigenvalue weighted by atomic mass is 10.1. The molecular formula is C25H21Cl2N3O6. The second-order valence-electron chi connectivity index (χ2n) is 7.74. The second-order valence-corrected chi connectivity index (χ2v) is 8.50. The summed E-state index contributed by atoms with van der Waals surface area (Å²) in [4.78, 5) is 41.1. The molecule has 9 nitrogen and oxygen atoms in total. The molecule has 2 heterocycles. The highest BCUT2D eigenvalue weighted by molar-refractivity contribution is 6.54. The minimum absolute atomic E-state index is 0.210. The summed E-state index contributed by atoms with van der Waals surface area (Å²) in [6, 6.07) is 10.1. The lowest BCUT2D eigenvalue weighted by molar-refractivity contribution is -0.132. The maximum Gasteiger partial charge on any atom is 0.349 e. The molecule has 0 fully saturated rings. The summed E-state index contributed by atoms with van der Waals surface area (Å²) in [5.74, 6) is -0.714. The summed E-state index contributed by atoms with van der Waals surface area (Å²) in [5.41, 5.74) is 2.05. The third kappa shape index (κ3) is 4.80. The van der Waals surface area contributed by atoms with Crippen LogP contribution in [-0.4, -0.2) is 40.3 Å². The number of halogens is 2. The van der Waals surface area contributed by atoms with E-state index in [1.54, 1.807) is 17.7 Å². The number of carbonyl (C=O) groups excluding carboxylic acids is 1. The lowest BCUT2D eigenvalue weighted by Crippen LogP contribution is -2.21. The Kier molecular flexibility index (Phi) is 7.32. The van der Waals surface area contributed by atoms with E-state index in [1.165, 1.54) is 12.1 Å². The average Bonchev–Trinajstić information content (AvgIpc) is 3.26. The van der Waals surface area contributed by atoms with Crippen LogP contribution in [0.25, 0.3) is 22.6 Å². The predicted octanol–water partition coefficient (Wildman–Crippen LogP) is 4.46. The molecule has 4 rings (SSSR count). The van der Waals surface area contributed by atoms with Gasteiger partial charge >= 0.3 is 5.97 Å². The molecule has 2 N–H and O–H groups in total. The van der Waals surface area contributed by atoms with E-state index in [1.807, 2.05) is 31.2 Å². The third-order valence-electron chi connectivity index (χ3n) is 5.53. The van der Waals surface area contributed by atoms with Crippen molar-refractivity contribution in [1.82, 2.24) is 9.55 Å². The van der Waals surface area contributed by atoms with Crippen molar-refractivity contribution in [3.63, 3.8) is 0 Å². The van der Waals surface area contributed by atoms with Gasteiger partial charge in [-0.2, -0.15) is 0 Å². The number of aromatic nitrogens is 2. The first-order chi connectivity index (χ1) is 17.2. The first-order valence-electron chi connectivity index (χ1n) is 10.9. The Morgan fingerprint density at radius 3 is 2.69 bits per heavy atom. The largest absolute Gasteiger partial charge is 0.492 e. The van der Waals surface area contributed by atoms with Crippen LogP contribution in [0.1, 0.15) is 24.7 Å². The molecule has 1 aromatic heterocycles. The Morgan fingerprint density at radius 2 is 2.00 bits per heavy atom. The standard InChI is InChI=1S/C25H21Cl2N3O6/c1-3-36-18-6-4-5-13(21(18)35-2)11-14-9-10-30-22(14)29-17-12-15(7-8-16(17)24(30)32)28-23(31)19(26)20(27)25(33)34/h4-8,11-12H,3,9-10H2,1-2H3,(H,28,31)(H,33,34)/b14-11-,20-19-. The van der Waals surface area contributed by atoms with Crippen molar-refractivity contribution in [3.05, 3.63) is 68.2 Å². The van der Waals surface area contributed by atoms with Gasteiger partial charge in [0.1, 0.15) is 15.9 Å². The molecule has 0 spiro atoms. The molecule has 2 aromatic carbocycles. The molecule has 36 heavy (non-hydrogen) atoms. The third-order valence-corrected chi connectivity index (χ3v) is 6.34. The zero-order valence-corrected chi connectivity index (χ0v) is 20.8. The summed E-state index contributed by atoms with van der Waals surface area (Å²) < 4.78 is 12.8. The highest BCUT2D eigenvalue weighted by atomic mass is 35.5. The van der Waals surface area contributed by atoms with Gasteiger partial charge in [-0.05, 0) is 49.3 Å². The highest BCUT2D eigenvalue weighted by Crippen LogP contribution is 2.35. The van der Waals surface area contributed by atoms with Crippen molar-refractivity contribution < 1.29 is 24.2 Å². The number of carboxylic acids is 1. The Morgan fingerprint density at radius 1 is 1.22 bits per heavy atom. The normalized spacial score (nSPS) is 14.4. The number of benzene rings is 2. The summed E-state index contributed by atoms with van der Waals surface area (Å²) in [7, 11) is 1.57. The molecule has 0 radical (unpaired) electrons. The van der Waals surface area contributed by atoms with Crippen LogP contribution >= 0.6 is 23.2 Å². The zero-order chi connectivity index (χ0) is 26.0. The number of allylic oxidation sites excluding steroid dienone is 1. The fraction of sp³-hybridized carbons (Fsp3) is 0.200. The Labute approximate surface area is 215 Å². The fourth-order valence-electron chi connectivity index (χ4n) is 3.93. The van der Waals surface area contributed by atoms with Crippen LogP contribution in [-0.2, 0) is 16.1 Å². The maximum absolute atomic E-state index is 13.1. The molecule has 1 aliphatic heterocycles. The Balaban J connectivity index is 1.75. The van der Waals surface area contributed by atoms with Gasteiger partial charge in [0, 0.05) is 17.8 Å². The van der Waals surface area contributed by atoms with Crippen LogP contribution in [0.5, 0.6) is 11.5 Å². The average molecular weight is 530 g/mol. The number of methoxy groups -OCH3 is 1. The molecule has 0 saturated heterocycles. The molecule has 1 amide bonds. The van der Waals surface area contributed by atoms with Crippen LogP contribution in [0, 0.1) is 0 Å². The summed E-state index contributed by atoms with van der Waals surface area (Å²) >= 11 is 11.3. The number of hydrogen-bond acceptors (Lipinski definition) is 6. The molecule has 1 aliphatic rings. The van der Waals surface area contributed by atoms with Gasteiger partial charge in [-0.15, -0.1) is 0 Å². The van der Waals surface area contributed by atoms with Crippen LogP contribution < -0.4 is 20.3 Å². The van der Waals surface area contributed by atoms with E-state index in [4.69, 9.17) is 42.8 Å². The Bertz CT molecular complexity index is 1510.